The van der Waals surface area contributed by atoms with Crippen LogP contribution < -0.4 is 32.4 Å². The van der Waals surface area contributed by atoms with Crippen molar-refractivity contribution in [3.63, 3.8) is 0 Å². The molecule has 24 heteroatoms. The summed E-state index contributed by atoms with van der Waals surface area (Å²) < 4.78 is 30.3. The van der Waals surface area contributed by atoms with Gasteiger partial charge in [0.25, 0.3) is 0 Å². The third-order valence-electron chi connectivity index (χ3n) is 10.6. The van der Waals surface area contributed by atoms with Gasteiger partial charge in [-0.05, 0) is 90.9 Å². The molecule has 4 aromatic rings. The number of hydrogen-bond donors (Lipinski definition) is 13. The van der Waals surface area contributed by atoms with Gasteiger partial charge in [-0.2, -0.15) is 0 Å². The second kappa shape index (κ2) is 33.9. The smallest absolute Gasteiger partial charge is 0.192 e. The van der Waals surface area contributed by atoms with Gasteiger partial charge in [0.1, 0.15) is 19.0 Å². The summed E-state index contributed by atoms with van der Waals surface area (Å²) in [6, 6.07) is 25.4. The summed E-state index contributed by atoms with van der Waals surface area (Å²) in [5.74, 6) is 0.228. The fraction of sp³-hybridized carbons (Fsp3) is 0.417. The molecular weight excluding hydrogens is 956 g/mol. The van der Waals surface area contributed by atoms with Gasteiger partial charge >= 0.3 is 0 Å². The zero-order valence-corrected chi connectivity index (χ0v) is 42.8. The maximum atomic E-state index is 13.8. The van der Waals surface area contributed by atoms with Gasteiger partial charge in [0.2, 0.25) is 0 Å². The summed E-state index contributed by atoms with van der Waals surface area (Å²) in [6.45, 7) is 14.1. The number of oxime groups is 4. The molecule has 1 atom stereocenters. The normalized spacial score (nSPS) is 12.8. The van der Waals surface area contributed by atoms with Gasteiger partial charge in [0.05, 0.1) is 39.1 Å². The molecule has 17 N–H and O–H groups in total. The van der Waals surface area contributed by atoms with E-state index in [9.17, 15) is 9.50 Å². The first kappa shape index (κ1) is 63.4. The van der Waals surface area contributed by atoms with Crippen molar-refractivity contribution in [3.05, 3.63) is 130 Å². The van der Waals surface area contributed by atoms with Gasteiger partial charge in [-0.1, -0.05) is 77.8 Å². The molecule has 4 rings (SSSR count). The van der Waals surface area contributed by atoms with Crippen LogP contribution in [0.3, 0.4) is 0 Å². The summed E-state index contributed by atoms with van der Waals surface area (Å²) in [5.41, 5.74) is 25.9. The third kappa shape index (κ3) is 24.0. The molecule has 0 saturated carbocycles. The van der Waals surface area contributed by atoms with Crippen molar-refractivity contribution in [2.24, 2.45) is 43.6 Å². The quantitative estimate of drug-likeness (QED) is 0.0127. The Balaban J connectivity index is 0.000000485. The molecule has 0 aromatic heterocycles. The number of likely N-dealkylation sites (N-methyl/N-ethyl adjacent to an activating group) is 1. The molecule has 72 heavy (non-hydrogen) atoms. The van der Waals surface area contributed by atoms with Crippen molar-refractivity contribution in [2.45, 2.75) is 58.1 Å². The van der Waals surface area contributed by atoms with Crippen LogP contribution in [0.1, 0.15) is 54.2 Å². The van der Waals surface area contributed by atoms with Crippen molar-refractivity contribution in [1.29, 1.82) is 0 Å². The molecule has 400 valence electrons. The monoisotopic (exact) mass is 1030 g/mol. The Hall–Kier alpha value is -6.61. The fourth-order valence-electron chi connectivity index (χ4n) is 5.82. The van der Waals surface area contributed by atoms with E-state index in [1.165, 1.54) is 18.2 Å². The molecule has 0 fully saturated rings. The highest BCUT2D eigenvalue weighted by molar-refractivity contribution is 6.74. The lowest BCUT2D eigenvalue weighted by Gasteiger charge is -2.36. The molecule has 0 radical (unpaired) electrons. The SMILES string of the molecule is CC(C)(C)[Si](C)(C)OCCOc1ccc(/C(N)=N/O)cc1F.CN(Cc1cccc(/C(N)=N/O)c1)CC(O)CO.N/C(=N\O)c1ccc(OCCO)cc1.N/C(=N\O)c1cccc(CN(CCO)CCO)c1. The van der Waals surface area contributed by atoms with Crippen molar-refractivity contribution < 1.29 is 64.7 Å². The van der Waals surface area contributed by atoms with E-state index >= 15 is 0 Å². The minimum atomic E-state index is -1.82. The molecule has 0 bridgehead atoms. The second-order valence-corrected chi connectivity index (χ2v) is 22.1. The van der Waals surface area contributed by atoms with Crippen molar-refractivity contribution in [3.8, 4) is 11.5 Å². The Kier molecular flexibility index (Phi) is 29.8. The van der Waals surface area contributed by atoms with Crippen molar-refractivity contribution in [1.82, 2.24) is 9.80 Å². The van der Waals surface area contributed by atoms with Crippen molar-refractivity contribution >= 4 is 31.7 Å². The summed E-state index contributed by atoms with van der Waals surface area (Å²) in [7, 11) is 0.0231. The first-order valence-electron chi connectivity index (χ1n) is 22.5. The van der Waals surface area contributed by atoms with Gasteiger partial charge < -0.3 is 83.2 Å². The van der Waals surface area contributed by atoms with E-state index in [0.29, 0.717) is 67.3 Å². The number of hydrogen-bond acceptors (Lipinski definition) is 18. The number of rotatable bonds is 23. The highest BCUT2D eigenvalue weighted by atomic mass is 28.4. The number of aliphatic hydroxyl groups is 5. The minimum Gasteiger partial charge on any atom is -0.491 e. The number of halogens is 1. The molecule has 0 aliphatic carbocycles. The molecule has 0 aliphatic heterocycles. The molecule has 0 aliphatic rings. The summed E-state index contributed by atoms with van der Waals surface area (Å²) >= 11 is 0. The highest BCUT2D eigenvalue weighted by Crippen LogP contribution is 2.36. The van der Waals surface area contributed by atoms with E-state index in [0.717, 1.165) is 11.1 Å². The average Bonchev–Trinajstić information content (AvgIpc) is 3.36. The molecule has 0 spiro atoms. The Labute approximate surface area is 421 Å². The van der Waals surface area contributed by atoms with E-state index in [1.807, 2.05) is 53.2 Å². The van der Waals surface area contributed by atoms with E-state index < -0.39 is 20.2 Å². The fourth-order valence-corrected chi connectivity index (χ4v) is 6.85. The van der Waals surface area contributed by atoms with Gasteiger partial charge in [0.15, 0.2) is 43.2 Å². The van der Waals surface area contributed by atoms with Crippen LogP contribution in [-0.2, 0) is 17.5 Å². The topological polar surface area (TPSA) is 370 Å². The van der Waals surface area contributed by atoms with E-state index in [-0.39, 0.29) is 73.8 Å². The highest BCUT2D eigenvalue weighted by Gasteiger charge is 2.37. The van der Waals surface area contributed by atoms with Gasteiger partial charge in [-0.15, -0.1) is 0 Å². The lowest BCUT2D eigenvalue weighted by atomic mass is 10.1. The first-order chi connectivity index (χ1) is 34.1. The van der Waals surface area contributed by atoms with Crippen LogP contribution in [0.25, 0.3) is 0 Å². The molecule has 1 unspecified atom stereocenters. The molecule has 0 amide bonds. The van der Waals surface area contributed by atoms with Crippen LogP contribution in [0.15, 0.2) is 112 Å². The Morgan fingerprint density at radius 2 is 1.10 bits per heavy atom. The lowest BCUT2D eigenvalue weighted by Crippen LogP contribution is -2.41. The lowest BCUT2D eigenvalue weighted by molar-refractivity contribution is 0.0648. The predicted molar refractivity (Wildman–Crippen MR) is 276 cm³/mol. The van der Waals surface area contributed by atoms with Crippen LogP contribution >= 0.6 is 0 Å². The molecule has 22 nitrogen and oxygen atoms in total. The minimum absolute atomic E-state index is 0.0258. The predicted octanol–water partition coefficient (Wildman–Crippen LogP) is 2.61. The van der Waals surface area contributed by atoms with E-state index in [4.69, 9.17) is 78.1 Å². The maximum Gasteiger partial charge on any atom is 0.192 e. The number of amidine groups is 4. The van der Waals surface area contributed by atoms with Crippen molar-refractivity contribution in [2.75, 3.05) is 72.9 Å². The van der Waals surface area contributed by atoms with E-state index in [1.54, 1.807) is 36.4 Å². The molecule has 0 saturated heterocycles. The van der Waals surface area contributed by atoms with Crippen LogP contribution in [0.2, 0.25) is 18.1 Å². The Morgan fingerprint density at radius 3 is 1.54 bits per heavy atom. The number of nitrogens with zero attached hydrogens (tertiary/aromatic N) is 6. The summed E-state index contributed by atoms with van der Waals surface area (Å²) in [4.78, 5) is 3.80. The summed E-state index contributed by atoms with van der Waals surface area (Å²) in [5, 5.41) is 90.3. The van der Waals surface area contributed by atoms with Crippen LogP contribution in [0.4, 0.5) is 4.39 Å². The van der Waals surface area contributed by atoms with Gasteiger partial charge in [0, 0.05) is 55.0 Å². The van der Waals surface area contributed by atoms with Crippen LogP contribution in [-0.4, -0.2) is 167 Å². The molecular formula is C48H75FN10O12Si. The number of nitrogens with two attached hydrogens (primary N) is 4. The third-order valence-corrected chi connectivity index (χ3v) is 15.2. The van der Waals surface area contributed by atoms with Crippen LogP contribution in [0, 0.1) is 5.82 Å². The number of benzene rings is 4. The average molecular weight is 1030 g/mol. The second-order valence-electron chi connectivity index (χ2n) is 17.3. The Bertz CT molecular complexity index is 2280. The first-order valence-corrected chi connectivity index (χ1v) is 25.5. The number of ether oxygens (including phenoxy) is 2. The summed E-state index contributed by atoms with van der Waals surface area (Å²) in [6.07, 6.45) is -0.748. The zero-order chi connectivity index (χ0) is 54.3. The van der Waals surface area contributed by atoms with Gasteiger partial charge in [-0.3, -0.25) is 9.80 Å². The molecule has 0 heterocycles. The number of aliphatic hydroxyl groups excluding tert-OH is 5. The molecule has 4 aromatic carbocycles. The van der Waals surface area contributed by atoms with Gasteiger partial charge in [-0.25, -0.2) is 4.39 Å². The zero-order valence-electron chi connectivity index (χ0n) is 41.8. The standard InChI is InChI=1S/C15H25FN2O3Si.2C12H19N3O3.C9H12N2O3/c1-15(2,3)22(4,5)21-9-8-20-13-7-6-11(10-12(13)16)14(17)18-19;1-15(7-11(17)8-16)6-9-3-2-4-10(5-9)12(13)14-18;13-12(14-18)11-3-1-2-10(8-11)9-15(4-6-16)5-7-17;10-9(11-13)7-1-3-8(4-2-7)14-6-5-12/h6-7,10,19H,8-9H2,1-5H3,(H2,17,18);2-5,11,16-18H,6-8H2,1H3,(H2,13,14);1-3,8,16-18H,4-7,9H2,(H2,13,14);1-4,12-13H,5-6H2,(H2,10,11). The Morgan fingerprint density at radius 1 is 0.625 bits per heavy atom. The van der Waals surface area contributed by atoms with Crippen LogP contribution in [0.5, 0.6) is 11.5 Å². The maximum absolute atomic E-state index is 13.8. The van der Waals surface area contributed by atoms with E-state index in [2.05, 4.69) is 54.5 Å². The largest absolute Gasteiger partial charge is 0.491 e.